The van der Waals surface area contributed by atoms with Gasteiger partial charge in [-0.3, -0.25) is 4.79 Å². The van der Waals surface area contributed by atoms with Crippen molar-refractivity contribution in [3.8, 4) is 0 Å². The minimum absolute atomic E-state index is 0. The van der Waals surface area contributed by atoms with Gasteiger partial charge in [0, 0.05) is 31.7 Å². The molecule has 8 heteroatoms. The van der Waals surface area contributed by atoms with E-state index in [2.05, 4.69) is 5.32 Å². The van der Waals surface area contributed by atoms with Crippen molar-refractivity contribution in [2.45, 2.75) is 6.18 Å². The summed E-state index contributed by atoms with van der Waals surface area (Å²) in [6.45, 7) is 2.05. The minimum Gasteiger partial charge on any atom is -0.336 e. The van der Waals surface area contributed by atoms with E-state index in [0.717, 1.165) is 6.07 Å². The smallest absolute Gasteiger partial charge is 0.336 e. The highest BCUT2D eigenvalue weighted by Crippen LogP contribution is 2.32. The van der Waals surface area contributed by atoms with Crippen molar-refractivity contribution in [1.82, 2.24) is 10.2 Å². The first-order valence-electron chi connectivity index (χ1n) is 5.76. The number of piperazine rings is 1. The summed E-state index contributed by atoms with van der Waals surface area (Å²) in [7, 11) is 0. The Labute approximate surface area is 119 Å². The Morgan fingerprint density at radius 3 is 2.35 bits per heavy atom. The summed E-state index contributed by atoms with van der Waals surface area (Å²) in [5.41, 5.74) is -1.55. The molecule has 1 aliphatic rings. The maximum atomic E-state index is 13.1. The number of hydrogen-bond donors (Lipinski definition) is 1. The third-order valence-electron chi connectivity index (χ3n) is 2.92. The van der Waals surface area contributed by atoms with Crippen LogP contribution in [-0.4, -0.2) is 37.0 Å². The number of hydrogen-bond acceptors (Lipinski definition) is 2. The fraction of sp³-hybridized carbons (Fsp3) is 0.417. The molecule has 0 atom stereocenters. The summed E-state index contributed by atoms with van der Waals surface area (Å²) in [6, 6.07) is 2.33. The number of amides is 1. The Morgan fingerprint density at radius 2 is 1.80 bits per heavy atom. The van der Waals surface area contributed by atoms with E-state index in [1.54, 1.807) is 0 Å². The summed E-state index contributed by atoms with van der Waals surface area (Å²) >= 11 is 0. The first kappa shape index (κ1) is 16.7. The molecule has 0 saturated carbocycles. The van der Waals surface area contributed by atoms with Crippen molar-refractivity contribution in [3.63, 3.8) is 0 Å². The van der Waals surface area contributed by atoms with Crippen molar-refractivity contribution in [2.24, 2.45) is 0 Å². The van der Waals surface area contributed by atoms with E-state index in [-0.39, 0.29) is 18.0 Å². The second-order valence-electron chi connectivity index (χ2n) is 4.23. The lowest BCUT2D eigenvalue weighted by molar-refractivity contribution is -0.140. The van der Waals surface area contributed by atoms with Crippen LogP contribution in [0.2, 0.25) is 0 Å². The lowest BCUT2D eigenvalue weighted by atomic mass is 10.1. The minimum atomic E-state index is -4.80. The number of nitrogens with zero attached hydrogens (tertiary/aromatic N) is 1. The van der Waals surface area contributed by atoms with Crippen LogP contribution in [0.3, 0.4) is 0 Å². The molecule has 112 valence electrons. The molecule has 1 amide bonds. The van der Waals surface area contributed by atoms with Gasteiger partial charge in [-0.15, -0.1) is 12.4 Å². The Hall–Kier alpha value is -1.34. The topological polar surface area (TPSA) is 32.3 Å². The number of carbonyl (C=O) groups excluding carboxylic acids is 1. The molecule has 1 aromatic rings. The van der Waals surface area contributed by atoms with Gasteiger partial charge in [0.05, 0.1) is 5.56 Å². The summed E-state index contributed by atoms with van der Waals surface area (Å²) in [4.78, 5) is 13.4. The first-order valence-corrected chi connectivity index (χ1v) is 5.76. The van der Waals surface area contributed by atoms with Crippen LogP contribution < -0.4 is 5.32 Å². The predicted molar refractivity (Wildman–Crippen MR) is 67.4 cm³/mol. The van der Waals surface area contributed by atoms with Crippen molar-refractivity contribution in [2.75, 3.05) is 26.2 Å². The third kappa shape index (κ3) is 3.61. The normalized spacial score (nSPS) is 15.7. The van der Waals surface area contributed by atoms with Crippen molar-refractivity contribution in [1.29, 1.82) is 0 Å². The summed E-state index contributed by atoms with van der Waals surface area (Å²) in [5.74, 6) is -1.88. The number of carbonyl (C=O) groups is 1. The third-order valence-corrected chi connectivity index (χ3v) is 2.92. The highest BCUT2D eigenvalue weighted by atomic mass is 35.5. The molecule has 1 heterocycles. The number of benzene rings is 1. The van der Waals surface area contributed by atoms with Crippen LogP contribution in [0.4, 0.5) is 17.6 Å². The van der Waals surface area contributed by atoms with Gasteiger partial charge in [0.1, 0.15) is 5.82 Å². The van der Waals surface area contributed by atoms with Gasteiger partial charge in [0.2, 0.25) is 0 Å². The standard InChI is InChI=1S/C12H12F4N2O.ClH/c13-10-2-1-8(7-9(10)12(14,15)16)11(19)18-5-3-17-4-6-18;/h1-2,7,17H,3-6H2;1H. The Kier molecular flexibility index (Phi) is 5.35. The Morgan fingerprint density at radius 1 is 1.20 bits per heavy atom. The summed E-state index contributed by atoms with van der Waals surface area (Å²) in [5, 5.41) is 3.03. The highest BCUT2D eigenvalue weighted by molar-refractivity contribution is 5.94. The van der Waals surface area contributed by atoms with E-state index in [4.69, 9.17) is 0 Å². The average molecular weight is 313 g/mol. The molecule has 0 spiro atoms. The molecule has 3 nitrogen and oxygen atoms in total. The van der Waals surface area contributed by atoms with Crippen LogP contribution >= 0.6 is 12.4 Å². The lowest BCUT2D eigenvalue weighted by Gasteiger charge is -2.27. The van der Waals surface area contributed by atoms with E-state index in [0.29, 0.717) is 38.3 Å². The predicted octanol–water partition coefficient (Wildman–Crippen LogP) is 2.31. The number of nitrogens with one attached hydrogen (secondary N) is 1. The number of rotatable bonds is 1. The first-order chi connectivity index (χ1) is 8.89. The van der Waals surface area contributed by atoms with E-state index in [1.165, 1.54) is 4.90 Å². The van der Waals surface area contributed by atoms with Crippen LogP contribution in [0.1, 0.15) is 15.9 Å². The summed E-state index contributed by atoms with van der Waals surface area (Å²) in [6.07, 6.45) is -4.80. The van der Waals surface area contributed by atoms with Gasteiger partial charge in [-0.05, 0) is 18.2 Å². The van der Waals surface area contributed by atoms with Gasteiger partial charge < -0.3 is 10.2 Å². The van der Waals surface area contributed by atoms with Crippen LogP contribution in [0, 0.1) is 5.82 Å². The van der Waals surface area contributed by atoms with Gasteiger partial charge in [-0.2, -0.15) is 13.2 Å². The molecule has 0 radical (unpaired) electrons. The molecular weight excluding hydrogens is 300 g/mol. The number of halogens is 5. The maximum Gasteiger partial charge on any atom is 0.419 e. The SMILES string of the molecule is Cl.O=C(c1ccc(F)c(C(F)(F)F)c1)N1CCNCC1. The van der Waals surface area contributed by atoms with Gasteiger partial charge in [-0.25, -0.2) is 4.39 Å². The molecular formula is C12H13ClF4N2O. The zero-order chi connectivity index (χ0) is 14.0. The highest BCUT2D eigenvalue weighted by Gasteiger charge is 2.35. The Bertz CT molecular complexity index is 487. The molecule has 1 N–H and O–H groups in total. The fourth-order valence-electron chi connectivity index (χ4n) is 1.93. The number of alkyl halides is 3. The van der Waals surface area contributed by atoms with E-state index >= 15 is 0 Å². The van der Waals surface area contributed by atoms with E-state index in [9.17, 15) is 22.4 Å². The quantitative estimate of drug-likeness (QED) is 0.807. The molecule has 1 aliphatic heterocycles. The molecule has 2 rings (SSSR count). The van der Waals surface area contributed by atoms with Crippen molar-refractivity contribution < 1.29 is 22.4 Å². The fourth-order valence-corrected chi connectivity index (χ4v) is 1.93. The zero-order valence-corrected chi connectivity index (χ0v) is 11.2. The van der Waals surface area contributed by atoms with Gasteiger partial charge in [0.25, 0.3) is 5.91 Å². The molecule has 0 unspecified atom stereocenters. The van der Waals surface area contributed by atoms with Gasteiger partial charge in [-0.1, -0.05) is 0 Å². The molecule has 20 heavy (non-hydrogen) atoms. The zero-order valence-electron chi connectivity index (χ0n) is 10.3. The molecule has 1 fully saturated rings. The van der Waals surface area contributed by atoms with Crippen LogP contribution in [-0.2, 0) is 6.18 Å². The molecule has 0 bridgehead atoms. The Balaban J connectivity index is 0.00000200. The lowest BCUT2D eigenvalue weighted by Crippen LogP contribution is -2.46. The van der Waals surface area contributed by atoms with Crippen LogP contribution in [0.15, 0.2) is 18.2 Å². The second-order valence-corrected chi connectivity index (χ2v) is 4.23. The monoisotopic (exact) mass is 312 g/mol. The largest absolute Gasteiger partial charge is 0.419 e. The van der Waals surface area contributed by atoms with Crippen molar-refractivity contribution >= 4 is 18.3 Å². The second kappa shape index (κ2) is 6.41. The summed E-state index contributed by atoms with van der Waals surface area (Å²) < 4.78 is 50.8. The molecule has 1 saturated heterocycles. The van der Waals surface area contributed by atoms with Crippen molar-refractivity contribution in [3.05, 3.63) is 35.1 Å². The van der Waals surface area contributed by atoms with E-state index in [1.807, 2.05) is 0 Å². The average Bonchev–Trinajstić information content (AvgIpc) is 2.38. The molecule has 1 aromatic carbocycles. The van der Waals surface area contributed by atoms with Crippen LogP contribution in [0.5, 0.6) is 0 Å². The molecule has 0 aromatic heterocycles. The van der Waals surface area contributed by atoms with Crippen LogP contribution in [0.25, 0.3) is 0 Å². The van der Waals surface area contributed by atoms with Gasteiger partial charge in [0.15, 0.2) is 0 Å². The molecule has 0 aliphatic carbocycles. The van der Waals surface area contributed by atoms with Gasteiger partial charge >= 0.3 is 6.18 Å². The van der Waals surface area contributed by atoms with E-state index < -0.39 is 23.5 Å². The maximum absolute atomic E-state index is 13.1.